The third-order valence-corrected chi connectivity index (χ3v) is 10.6. The van der Waals surface area contributed by atoms with Gasteiger partial charge in [-0.15, -0.1) is 0 Å². The number of halogens is 3. The molecule has 0 N–H and O–H groups in total. The van der Waals surface area contributed by atoms with E-state index in [9.17, 15) is 0 Å². The Balaban J connectivity index is 0.00000208. The van der Waals surface area contributed by atoms with Crippen LogP contribution in [-0.4, -0.2) is 8.07 Å². The van der Waals surface area contributed by atoms with E-state index in [2.05, 4.69) is 101 Å². The Kier molecular flexibility index (Phi) is 11.4. The SMILES string of the molecule is CC[Si](C)(C1=CC[C]([Ti+3])=C1Cc1ccccc1)c1ccccc1.[Cl-].[Cl-].[Cl-]. The van der Waals surface area contributed by atoms with Gasteiger partial charge in [-0.3, -0.25) is 0 Å². The van der Waals surface area contributed by atoms with Crippen LogP contribution in [0, 0.1) is 0 Å². The number of benzene rings is 2. The van der Waals surface area contributed by atoms with Crippen LogP contribution in [0.4, 0.5) is 0 Å². The van der Waals surface area contributed by atoms with Gasteiger partial charge in [-0.05, 0) is 0 Å². The van der Waals surface area contributed by atoms with Crippen molar-refractivity contribution < 1.29 is 57.7 Å². The normalized spacial score (nSPS) is 15.2. The summed E-state index contributed by atoms with van der Waals surface area (Å²) in [7, 11) is -1.62. The molecule has 0 bridgehead atoms. The Morgan fingerprint density at radius 3 is 1.96 bits per heavy atom. The monoisotopic (exact) mass is 456 g/mol. The molecule has 3 rings (SSSR count). The van der Waals surface area contributed by atoms with Gasteiger partial charge in [0, 0.05) is 0 Å². The van der Waals surface area contributed by atoms with Crippen LogP contribution >= 0.6 is 0 Å². The molecule has 5 heteroatoms. The van der Waals surface area contributed by atoms with Crippen molar-refractivity contribution in [1.82, 2.24) is 0 Å². The maximum absolute atomic E-state index is 2.54. The fourth-order valence-corrected chi connectivity index (χ4v) is 7.72. The molecule has 0 spiro atoms. The molecule has 1 aliphatic rings. The Bertz CT molecular complexity index is 744. The van der Waals surface area contributed by atoms with Crippen molar-refractivity contribution in [1.29, 1.82) is 0 Å². The van der Waals surface area contributed by atoms with Gasteiger partial charge in [0.15, 0.2) is 0 Å². The minimum absolute atomic E-state index is 0. The number of rotatable bonds is 5. The van der Waals surface area contributed by atoms with E-state index < -0.39 is 8.07 Å². The van der Waals surface area contributed by atoms with Crippen molar-refractivity contribution in [3.05, 3.63) is 87.0 Å². The molecule has 0 nitrogen and oxygen atoms in total. The summed E-state index contributed by atoms with van der Waals surface area (Å²) in [6, 6.07) is 23.4. The second kappa shape index (κ2) is 11.5. The predicted molar refractivity (Wildman–Crippen MR) is 98.0 cm³/mol. The van der Waals surface area contributed by atoms with Crippen molar-refractivity contribution in [2.24, 2.45) is 0 Å². The Labute approximate surface area is 189 Å². The maximum Gasteiger partial charge on any atom is -1.00 e. The summed E-state index contributed by atoms with van der Waals surface area (Å²) < 4.78 is 1.56. The van der Waals surface area contributed by atoms with Gasteiger partial charge >= 0.3 is 153 Å². The molecular formula is C21H23Cl3SiTi. The summed E-state index contributed by atoms with van der Waals surface area (Å²) in [5.74, 6) is 0. The fourth-order valence-electron chi connectivity index (χ4n) is 3.53. The summed E-state index contributed by atoms with van der Waals surface area (Å²) in [4.78, 5) is 0. The zero-order chi connectivity index (χ0) is 16.3. The van der Waals surface area contributed by atoms with Crippen LogP contribution in [-0.2, 0) is 26.9 Å². The smallest absolute Gasteiger partial charge is 1.00 e. The van der Waals surface area contributed by atoms with Crippen LogP contribution in [0.5, 0.6) is 0 Å². The van der Waals surface area contributed by atoms with Gasteiger partial charge in [-0.1, -0.05) is 0 Å². The average Bonchev–Trinajstić information content (AvgIpc) is 2.97. The van der Waals surface area contributed by atoms with E-state index in [1.165, 1.54) is 11.6 Å². The maximum atomic E-state index is 2.54. The quantitative estimate of drug-likeness (QED) is 0.401. The van der Waals surface area contributed by atoms with Gasteiger partial charge < -0.3 is 37.2 Å². The molecule has 26 heavy (non-hydrogen) atoms. The standard InChI is InChI=1S/C21H23Si.3ClH.Ti/c1-3-22(2,20-14-8-5-9-15-20)21-16-10-13-19(21)17-18-11-6-4-7-12-18;;;;/h4-9,11-12,14-16H,3,10,17H2,1-2H3;3*1H;/q;;;;+3/p-3. The largest absolute Gasteiger partial charge is 1.00 e. The van der Waals surface area contributed by atoms with Gasteiger partial charge in [-0.2, -0.15) is 0 Å². The van der Waals surface area contributed by atoms with Crippen molar-refractivity contribution in [2.75, 3.05) is 0 Å². The van der Waals surface area contributed by atoms with E-state index in [-0.39, 0.29) is 37.2 Å². The third kappa shape index (κ3) is 5.38. The van der Waals surface area contributed by atoms with Crippen LogP contribution in [0.25, 0.3) is 0 Å². The molecule has 0 aromatic heterocycles. The molecule has 136 valence electrons. The molecule has 1 unspecified atom stereocenters. The van der Waals surface area contributed by atoms with E-state index in [1.54, 1.807) is 19.8 Å². The molecule has 1 aliphatic carbocycles. The van der Waals surface area contributed by atoms with E-state index in [0.29, 0.717) is 0 Å². The molecule has 0 aliphatic heterocycles. The summed E-state index contributed by atoms with van der Waals surface area (Å²) in [6.07, 6.45) is 4.73. The number of hydrogen-bond donors (Lipinski definition) is 0. The second-order valence-electron chi connectivity index (χ2n) is 6.49. The molecular weight excluding hydrogens is 435 g/mol. The number of hydrogen-bond acceptors (Lipinski definition) is 0. The predicted octanol–water partition coefficient (Wildman–Crippen LogP) is -4.08. The van der Waals surface area contributed by atoms with E-state index in [0.717, 1.165) is 12.8 Å². The Hall–Kier alpha value is -0.279. The van der Waals surface area contributed by atoms with E-state index in [4.69, 9.17) is 0 Å². The van der Waals surface area contributed by atoms with Gasteiger partial charge in [0.05, 0.1) is 0 Å². The molecule has 0 radical (unpaired) electrons. The second-order valence-corrected chi connectivity index (χ2v) is 11.9. The number of allylic oxidation sites excluding steroid dienone is 4. The summed E-state index contributed by atoms with van der Waals surface area (Å²) in [5, 5.41) is 3.24. The van der Waals surface area contributed by atoms with Crippen molar-refractivity contribution in [3.8, 4) is 0 Å². The molecule has 0 saturated carbocycles. The van der Waals surface area contributed by atoms with Crippen LogP contribution in [0.2, 0.25) is 12.6 Å². The molecule has 2 aromatic rings. The van der Waals surface area contributed by atoms with Gasteiger partial charge in [0.1, 0.15) is 0 Å². The third-order valence-electron chi connectivity index (χ3n) is 5.14. The van der Waals surface area contributed by atoms with Crippen LogP contribution < -0.4 is 42.4 Å². The first kappa shape index (κ1) is 25.7. The zero-order valence-electron chi connectivity index (χ0n) is 15.1. The van der Waals surface area contributed by atoms with Crippen LogP contribution in [0.15, 0.2) is 81.4 Å². The Morgan fingerprint density at radius 1 is 0.885 bits per heavy atom. The molecule has 0 fully saturated rings. The van der Waals surface area contributed by atoms with Gasteiger partial charge in [0.25, 0.3) is 0 Å². The summed E-state index contributed by atoms with van der Waals surface area (Å²) in [5.41, 5.74) is 3.03. The minimum Gasteiger partial charge on any atom is -1.00 e. The first-order valence-electron chi connectivity index (χ1n) is 8.39. The van der Waals surface area contributed by atoms with Crippen molar-refractivity contribution in [2.45, 2.75) is 32.4 Å². The van der Waals surface area contributed by atoms with E-state index >= 15 is 0 Å². The van der Waals surface area contributed by atoms with Crippen molar-refractivity contribution >= 4 is 13.3 Å². The van der Waals surface area contributed by atoms with Crippen LogP contribution in [0.1, 0.15) is 18.9 Å². The van der Waals surface area contributed by atoms with Crippen LogP contribution in [0.3, 0.4) is 0 Å². The molecule has 0 saturated heterocycles. The topological polar surface area (TPSA) is 0 Å². The summed E-state index contributed by atoms with van der Waals surface area (Å²) >= 11 is 2.32. The first-order chi connectivity index (χ1) is 11.1. The van der Waals surface area contributed by atoms with Crippen molar-refractivity contribution in [3.63, 3.8) is 0 Å². The molecule has 1 atom stereocenters. The van der Waals surface area contributed by atoms with Gasteiger partial charge in [-0.25, -0.2) is 0 Å². The van der Waals surface area contributed by atoms with E-state index in [1.807, 2.05) is 0 Å². The average molecular weight is 458 g/mol. The Morgan fingerprint density at radius 2 is 1.42 bits per heavy atom. The minimum atomic E-state index is -1.62. The summed E-state index contributed by atoms with van der Waals surface area (Å²) in [6.45, 7) is 4.91. The molecule has 0 heterocycles. The first-order valence-corrected chi connectivity index (χ1v) is 11.9. The zero-order valence-corrected chi connectivity index (χ0v) is 19.9. The molecule has 2 aromatic carbocycles. The molecule has 0 amide bonds. The fraction of sp³-hybridized carbons (Fsp3) is 0.238. The van der Waals surface area contributed by atoms with Gasteiger partial charge in [0.2, 0.25) is 0 Å².